The number of methoxy groups -OCH3 is 1. The zero-order chi connectivity index (χ0) is 30.3. The van der Waals surface area contributed by atoms with Gasteiger partial charge in [0.05, 0.1) is 55.8 Å². The van der Waals surface area contributed by atoms with Crippen molar-refractivity contribution in [3.63, 3.8) is 0 Å². The molecule has 14 heteroatoms. The van der Waals surface area contributed by atoms with Crippen molar-refractivity contribution in [1.82, 2.24) is 34.6 Å². The number of halogens is 3. The van der Waals surface area contributed by atoms with E-state index in [0.29, 0.717) is 66.4 Å². The van der Waals surface area contributed by atoms with E-state index in [9.17, 15) is 9.50 Å². The Morgan fingerprint density at radius 3 is 2.77 bits per heavy atom. The van der Waals surface area contributed by atoms with Gasteiger partial charge in [-0.3, -0.25) is 14.6 Å². The van der Waals surface area contributed by atoms with Gasteiger partial charge >= 0.3 is 0 Å². The summed E-state index contributed by atoms with van der Waals surface area (Å²) in [4.78, 5) is 5.89. The second-order valence-electron chi connectivity index (χ2n) is 10.9. The molecule has 43 heavy (non-hydrogen) atoms. The number of nitrogens with zero attached hydrogens (tertiary/aromatic N) is 7. The molecular weight excluding hydrogens is 565 g/mol. The van der Waals surface area contributed by atoms with Crippen LogP contribution in [0.25, 0.3) is 16.8 Å². The van der Waals surface area contributed by atoms with Crippen molar-refractivity contribution >= 4 is 5.52 Å². The summed E-state index contributed by atoms with van der Waals surface area (Å²) in [6.45, 7) is 2.69. The zero-order valence-electron chi connectivity index (χ0n) is 23.7. The Kier molecular flexibility index (Phi) is 7.61. The molecule has 2 N–H and O–H groups in total. The predicted octanol–water partition coefficient (Wildman–Crippen LogP) is 3.60. The van der Waals surface area contributed by atoms with Crippen molar-refractivity contribution < 1.29 is 27.8 Å². The average molecular weight is 597 g/mol. The Balaban J connectivity index is 1.32. The Bertz CT molecular complexity index is 1670. The number of aromatic nitrogens is 5. The molecule has 6 rings (SSSR count). The molecule has 1 fully saturated rings. The van der Waals surface area contributed by atoms with Crippen molar-refractivity contribution in [3.05, 3.63) is 59.6 Å². The van der Waals surface area contributed by atoms with E-state index in [1.807, 2.05) is 16.5 Å². The van der Waals surface area contributed by atoms with Gasteiger partial charge in [0, 0.05) is 37.3 Å². The molecule has 0 radical (unpaired) electrons. The first-order chi connectivity index (χ1) is 20.7. The van der Waals surface area contributed by atoms with Gasteiger partial charge in [0.15, 0.2) is 29.3 Å². The summed E-state index contributed by atoms with van der Waals surface area (Å²) in [5.41, 5.74) is 3.86. The number of ether oxygens (including phenoxy) is 2. The molecule has 3 atom stereocenters. The van der Waals surface area contributed by atoms with Gasteiger partial charge in [0.1, 0.15) is 5.82 Å². The molecule has 3 unspecified atom stereocenters. The van der Waals surface area contributed by atoms with Gasteiger partial charge in [-0.25, -0.2) is 17.7 Å². The number of hydrogen-bond acceptors (Lipinski definition) is 9. The maximum absolute atomic E-state index is 15.2. The highest BCUT2D eigenvalue weighted by molar-refractivity contribution is 5.75. The molecule has 5 heterocycles. The fraction of sp³-hybridized carbons (Fsp3) is 0.448. The quantitative estimate of drug-likeness (QED) is 0.232. The molecular formula is C29H31F3N8O3. The first kappa shape index (κ1) is 28.8. The smallest absolute Gasteiger partial charge is 0.265 e. The lowest BCUT2D eigenvalue weighted by atomic mass is 9.86. The second-order valence-corrected chi connectivity index (χ2v) is 10.9. The lowest BCUT2D eigenvalue weighted by Crippen LogP contribution is -2.55. The van der Waals surface area contributed by atoms with Crippen LogP contribution in [0.5, 0.6) is 11.5 Å². The van der Waals surface area contributed by atoms with E-state index in [1.165, 1.54) is 19.2 Å². The third kappa shape index (κ3) is 5.34. The molecule has 2 aliphatic rings. The summed E-state index contributed by atoms with van der Waals surface area (Å²) in [6.07, 6.45) is 5.70. The second kappa shape index (κ2) is 11.4. The van der Waals surface area contributed by atoms with E-state index >= 15 is 8.78 Å². The third-order valence-corrected chi connectivity index (χ3v) is 8.33. The normalized spacial score (nSPS) is 20.8. The van der Waals surface area contributed by atoms with Gasteiger partial charge in [-0.15, -0.1) is 0 Å². The maximum Gasteiger partial charge on any atom is 0.265 e. The molecule has 0 saturated heterocycles. The number of rotatable bonds is 8. The summed E-state index contributed by atoms with van der Waals surface area (Å²) in [5, 5.41) is 30.7. The van der Waals surface area contributed by atoms with E-state index in [-0.39, 0.29) is 6.42 Å². The van der Waals surface area contributed by atoms with Gasteiger partial charge in [-0.05, 0) is 43.5 Å². The lowest BCUT2D eigenvalue weighted by molar-refractivity contribution is -0.118. The lowest BCUT2D eigenvalue weighted by Gasteiger charge is -2.43. The molecule has 226 valence electrons. The highest BCUT2D eigenvalue weighted by Gasteiger charge is 2.48. The third-order valence-electron chi connectivity index (χ3n) is 8.33. The van der Waals surface area contributed by atoms with Crippen LogP contribution in [-0.2, 0) is 13.1 Å². The Morgan fingerprint density at radius 1 is 1.23 bits per heavy atom. The molecule has 4 aromatic rings. The van der Waals surface area contributed by atoms with Gasteiger partial charge in [-0.2, -0.15) is 15.5 Å². The largest absolute Gasteiger partial charge is 0.493 e. The van der Waals surface area contributed by atoms with E-state index < -0.39 is 36.5 Å². The number of pyridine rings is 2. The SMILES string of the molecule is COc1cnn2cc(-c3nn4c(c3C)CN(C3CCC(NC#N)CC3(F)F)CC4)cc(OC(CO)c3ccc(F)cn3)c12. The van der Waals surface area contributed by atoms with Gasteiger partial charge in [0.2, 0.25) is 0 Å². The van der Waals surface area contributed by atoms with Gasteiger partial charge in [-0.1, -0.05) is 0 Å². The first-order valence-electron chi connectivity index (χ1n) is 14.0. The topological polar surface area (TPSA) is 126 Å². The Labute approximate surface area is 245 Å². The van der Waals surface area contributed by atoms with Gasteiger partial charge < -0.3 is 19.9 Å². The minimum atomic E-state index is -2.93. The number of fused-ring (bicyclic) bond motifs is 2. The fourth-order valence-corrected chi connectivity index (χ4v) is 6.16. The standard InChI is InChI=1S/C29H31F3N8O3/c1-17-22-14-38(26-6-4-20(35-16-33)10-29(26,31)32)7-8-39(22)37-27(17)18-9-23(28-24(42-2)12-36-40(28)13-18)43-25(15-41)21-5-3-19(30)11-34-21/h3,5,9,11-13,20,25-26,35,41H,4,6-8,10,14-15H2,1-2H3. The Hall–Kier alpha value is -4.35. The predicted molar refractivity (Wildman–Crippen MR) is 148 cm³/mol. The van der Waals surface area contributed by atoms with Crippen LogP contribution in [-0.4, -0.2) is 72.7 Å². The van der Waals surface area contributed by atoms with E-state index in [2.05, 4.69) is 15.4 Å². The molecule has 0 aromatic carbocycles. The minimum absolute atomic E-state index is 0.291. The van der Waals surface area contributed by atoms with E-state index in [4.69, 9.17) is 19.8 Å². The van der Waals surface area contributed by atoms with Crippen molar-refractivity contribution in [2.75, 3.05) is 20.3 Å². The van der Waals surface area contributed by atoms with Crippen LogP contribution in [0, 0.1) is 24.2 Å². The molecule has 0 amide bonds. The number of aliphatic hydroxyl groups is 1. The fourth-order valence-electron chi connectivity index (χ4n) is 6.16. The highest BCUT2D eigenvalue weighted by atomic mass is 19.3. The molecule has 0 spiro atoms. The van der Waals surface area contributed by atoms with Gasteiger partial charge in [0.25, 0.3) is 5.92 Å². The van der Waals surface area contributed by atoms with Crippen LogP contribution in [0.1, 0.15) is 42.3 Å². The van der Waals surface area contributed by atoms with Crippen LogP contribution in [0.4, 0.5) is 13.2 Å². The summed E-state index contributed by atoms with van der Waals surface area (Å²) in [7, 11) is 1.51. The zero-order valence-corrected chi connectivity index (χ0v) is 23.7. The number of hydrogen-bond donors (Lipinski definition) is 2. The van der Waals surface area contributed by atoms with Crippen molar-refractivity contribution in [2.45, 2.75) is 63.4 Å². The number of nitriles is 1. The summed E-state index contributed by atoms with van der Waals surface area (Å²) >= 11 is 0. The highest BCUT2D eigenvalue weighted by Crippen LogP contribution is 2.40. The summed E-state index contributed by atoms with van der Waals surface area (Å²) in [5.74, 6) is -2.65. The van der Waals surface area contributed by atoms with Crippen LogP contribution in [0.3, 0.4) is 0 Å². The van der Waals surface area contributed by atoms with Crippen LogP contribution in [0.15, 0.2) is 36.8 Å². The number of alkyl halides is 2. The summed E-state index contributed by atoms with van der Waals surface area (Å²) < 4.78 is 59.0. The maximum atomic E-state index is 15.2. The molecule has 1 aliphatic carbocycles. The number of nitrogens with one attached hydrogen (secondary N) is 1. The molecule has 1 saturated carbocycles. The van der Waals surface area contributed by atoms with Crippen molar-refractivity contribution in [3.8, 4) is 28.9 Å². The van der Waals surface area contributed by atoms with E-state index in [0.717, 1.165) is 17.5 Å². The monoisotopic (exact) mass is 596 g/mol. The van der Waals surface area contributed by atoms with Crippen molar-refractivity contribution in [2.24, 2.45) is 0 Å². The molecule has 4 aromatic heterocycles. The molecule has 0 bridgehead atoms. The molecule has 11 nitrogen and oxygen atoms in total. The van der Waals surface area contributed by atoms with E-state index in [1.54, 1.807) is 29.2 Å². The van der Waals surface area contributed by atoms with Crippen LogP contribution in [0.2, 0.25) is 0 Å². The molecule has 1 aliphatic heterocycles. The minimum Gasteiger partial charge on any atom is -0.493 e. The Morgan fingerprint density at radius 2 is 2.07 bits per heavy atom. The van der Waals surface area contributed by atoms with Crippen LogP contribution >= 0.6 is 0 Å². The van der Waals surface area contributed by atoms with Crippen molar-refractivity contribution in [1.29, 1.82) is 5.26 Å². The first-order valence-corrected chi connectivity index (χ1v) is 14.0. The summed E-state index contributed by atoms with van der Waals surface area (Å²) in [6, 6.07) is 3.02. The average Bonchev–Trinajstić information content (AvgIpc) is 3.56. The van der Waals surface area contributed by atoms with Crippen LogP contribution < -0.4 is 14.8 Å². The number of aliphatic hydroxyl groups excluding tert-OH is 1.